The molecule has 0 heterocycles. The van der Waals surface area contributed by atoms with Crippen LogP contribution in [0.5, 0.6) is 0 Å². The molecule has 0 aliphatic rings. The molecule has 0 bridgehead atoms. The van der Waals surface area contributed by atoms with Gasteiger partial charge in [-0.25, -0.2) is 16.8 Å². The number of rotatable bonds is 7. The van der Waals surface area contributed by atoms with Crippen LogP contribution < -0.4 is 0 Å². The van der Waals surface area contributed by atoms with E-state index < -0.39 is 47.6 Å². The van der Waals surface area contributed by atoms with Crippen molar-refractivity contribution >= 4 is 25.6 Å². The average molecular weight is 300 g/mol. The van der Waals surface area contributed by atoms with Crippen LogP contribution in [0.25, 0.3) is 0 Å². The summed E-state index contributed by atoms with van der Waals surface area (Å²) in [6.45, 7) is 4.37. The monoisotopic (exact) mass is 300 g/mol. The molecule has 0 aliphatic heterocycles. The topological polar surface area (TPSA) is 94.6 Å². The highest BCUT2D eigenvalue weighted by molar-refractivity contribution is 7.95. The standard InChI is InChI=1S/C10H20O6S2/c1-8(2)17(12,13)5-6-18(14,15)9(3)7-10(11)16-4/h8-9H,5-7H2,1-4H3. The number of esters is 1. The largest absolute Gasteiger partial charge is 0.469 e. The molecular weight excluding hydrogens is 280 g/mol. The van der Waals surface area contributed by atoms with Gasteiger partial charge < -0.3 is 4.74 Å². The van der Waals surface area contributed by atoms with E-state index in [0.717, 1.165) is 0 Å². The molecule has 0 spiro atoms. The summed E-state index contributed by atoms with van der Waals surface area (Å²) in [6, 6.07) is 0. The van der Waals surface area contributed by atoms with E-state index in [1.54, 1.807) is 0 Å². The molecular formula is C10H20O6S2. The fourth-order valence-electron chi connectivity index (χ4n) is 1.11. The van der Waals surface area contributed by atoms with Crippen molar-refractivity contribution < 1.29 is 26.4 Å². The van der Waals surface area contributed by atoms with Crippen molar-refractivity contribution in [3.63, 3.8) is 0 Å². The molecule has 1 unspecified atom stereocenters. The Balaban J connectivity index is 4.64. The van der Waals surface area contributed by atoms with Gasteiger partial charge in [-0.1, -0.05) is 0 Å². The van der Waals surface area contributed by atoms with Gasteiger partial charge in [0.1, 0.15) is 0 Å². The summed E-state index contributed by atoms with van der Waals surface area (Å²) in [7, 11) is -5.83. The van der Waals surface area contributed by atoms with Gasteiger partial charge in [-0.3, -0.25) is 4.79 Å². The van der Waals surface area contributed by atoms with Gasteiger partial charge in [0.05, 0.1) is 35.5 Å². The van der Waals surface area contributed by atoms with E-state index in [0.29, 0.717) is 0 Å². The van der Waals surface area contributed by atoms with Crippen LogP contribution in [0.2, 0.25) is 0 Å². The number of hydrogen-bond acceptors (Lipinski definition) is 6. The summed E-state index contributed by atoms with van der Waals surface area (Å²) in [5, 5.41) is -1.55. The van der Waals surface area contributed by atoms with Crippen molar-refractivity contribution in [2.75, 3.05) is 18.6 Å². The number of hydrogen-bond donors (Lipinski definition) is 0. The second kappa shape index (κ2) is 6.51. The van der Waals surface area contributed by atoms with Gasteiger partial charge in [-0.2, -0.15) is 0 Å². The fraction of sp³-hybridized carbons (Fsp3) is 0.900. The SMILES string of the molecule is COC(=O)CC(C)S(=O)(=O)CCS(=O)(=O)C(C)C. The number of ether oxygens (including phenoxy) is 1. The first kappa shape index (κ1) is 17.4. The first-order valence-corrected chi connectivity index (χ1v) is 8.96. The molecule has 0 saturated carbocycles. The lowest BCUT2D eigenvalue weighted by molar-refractivity contribution is -0.140. The van der Waals surface area contributed by atoms with E-state index in [1.165, 1.54) is 27.9 Å². The quantitative estimate of drug-likeness (QED) is 0.622. The maximum Gasteiger partial charge on any atom is 0.306 e. The van der Waals surface area contributed by atoms with E-state index in [2.05, 4.69) is 4.74 Å². The third-order valence-corrected chi connectivity index (χ3v) is 7.30. The molecule has 0 radical (unpaired) electrons. The minimum atomic E-state index is -3.61. The molecule has 0 aromatic heterocycles. The molecule has 0 amide bonds. The van der Waals surface area contributed by atoms with Crippen LogP contribution in [-0.2, 0) is 29.2 Å². The number of sulfone groups is 2. The maximum atomic E-state index is 11.8. The van der Waals surface area contributed by atoms with Crippen molar-refractivity contribution in [3.05, 3.63) is 0 Å². The normalized spacial score (nSPS) is 14.5. The summed E-state index contributed by atoms with van der Waals surface area (Å²) in [6.07, 6.45) is -0.263. The van der Waals surface area contributed by atoms with Crippen LogP contribution >= 0.6 is 0 Å². The minimum Gasteiger partial charge on any atom is -0.469 e. The molecule has 0 N–H and O–H groups in total. The highest BCUT2D eigenvalue weighted by atomic mass is 32.2. The van der Waals surface area contributed by atoms with Crippen LogP contribution in [0.3, 0.4) is 0 Å². The predicted octanol–water partition coefficient (Wildman–Crippen LogP) is 0.176. The summed E-state index contributed by atoms with van der Waals surface area (Å²) in [5.41, 5.74) is 0. The van der Waals surface area contributed by atoms with Gasteiger partial charge in [0.15, 0.2) is 19.7 Å². The second-order valence-corrected chi connectivity index (χ2v) is 9.59. The molecule has 0 aromatic carbocycles. The zero-order valence-corrected chi connectivity index (χ0v) is 12.7. The summed E-state index contributed by atoms with van der Waals surface area (Å²) >= 11 is 0. The maximum absolute atomic E-state index is 11.8. The van der Waals surface area contributed by atoms with E-state index in [4.69, 9.17) is 0 Å². The third-order valence-electron chi connectivity index (χ3n) is 2.67. The number of methoxy groups -OCH3 is 1. The molecule has 108 valence electrons. The van der Waals surface area contributed by atoms with Crippen molar-refractivity contribution in [1.29, 1.82) is 0 Å². The lowest BCUT2D eigenvalue weighted by atomic mass is 10.3. The fourth-order valence-corrected chi connectivity index (χ4v) is 4.24. The molecule has 0 aromatic rings. The first-order valence-electron chi connectivity index (χ1n) is 5.53. The lowest BCUT2D eigenvalue weighted by Crippen LogP contribution is -2.30. The van der Waals surface area contributed by atoms with Crippen LogP contribution in [0.15, 0.2) is 0 Å². The van der Waals surface area contributed by atoms with Crippen molar-refractivity contribution in [1.82, 2.24) is 0 Å². The molecule has 0 aliphatic carbocycles. The summed E-state index contributed by atoms with van der Waals surface area (Å²) in [4.78, 5) is 11.0. The Morgan fingerprint density at radius 3 is 1.83 bits per heavy atom. The molecule has 1 atom stereocenters. The smallest absolute Gasteiger partial charge is 0.306 e. The molecule has 8 heteroatoms. The summed E-state index contributed by atoms with van der Waals surface area (Å²) in [5.74, 6) is -1.51. The lowest BCUT2D eigenvalue weighted by Gasteiger charge is -2.12. The van der Waals surface area contributed by atoms with Crippen LogP contribution in [0, 0.1) is 0 Å². The Kier molecular flexibility index (Phi) is 6.28. The summed E-state index contributed by atoms with van der Waals surface area (Å²) < 4.78 is 51.0. The predicted molar refractivity (Wildman–Crippen MR) is 68.8 cm³/mol. The molecule has 18 heavy (non-hydrogen) atoms. The van der Waals surface area contributed by atoms with Gasteiger partial charge in [0, 0.05) is 0 Å². The average Bonchev–Trinajstić information content (AvgIpc) is 2.26. The number of carbonyl (C=O) groups is 1. The highest BCUT2D eigenvalue weighted by Crippen LogP contribution is 2.10. The van der Waals surface area contributed by atoms with E-state index in [-0.39, 0.29) is 6.42 Å². The Morgan fingerprint density at radius 2 is 1.44 bits per heavy atom. The zero-order valence-electron chi connectivity index (χ0n) is 11.0. The minimum absolute atomic E-state index is 0.263. The molecule has 6 nitrogen and oxygen atoms in total. The van der Waals surface area contributed by atoms with Crippen molar-refractivity contribution in [2.24, 2.45) is 0 Å². The van der Waals surface area contributed by atoms with E-state index >= 15 is 0 Å². The Bertz CT molecular complexity index is 474. The molecule has 0 fully saturated rings. The zero-order chi connectivity index (χ0) is 14.6. The van der Waals surface area contributed by atoms with Gasteiger partial charge in [-0.15, -0.1) is 0 Å². The molecule has 0 saturated heterocycles. The Morgan fingerprint density at radius 1 is 1.00 bits per heavy atom. The van der Waals surface area contributed by atoms with Crippen molar-refractivity contribution in [3.8, 4) is 0 Å². The number of carbonyl (C=O) groups excluding carboxylic acids is 1. The van der Waals surface area contributed by atoms with Crippen LogP contribution in [0.1, 0.15) is 27.2 Å². The van der Waals surface area contributed by atoms with Gasteiger partial charge in [0.25, 0.3) is 0 Å². The van der Waals surface area contributed by atoms with Crippen LogP contribution in [-0.4, -0.2) is 51.9 Å². The van der Waals surface area contributed by atoms with Gasteiger partial charge >= 0.3 is 5.97 Å². The second-order valence-electron chi connectivity index (χ2n) is 4.37. The molecule has 0 rings (SSSR count). The van der Waals surface area contributed by atoms with Gasteiger partial charge in [0.2, 0.25) is 0 Å². The van der Waals surface area contributed by atoms with E-state index in [9.17, 15) is 21.6 Å². The van der Waals surface area contributed by atoms with E-state index in [1.807, 2.05) is 0 Å². The van der Waals surface area contributed by atoms with Gasteiger partial charge in [-0.05, 0) is 20.8 Å². The Hall–Kier alpha value is -0.630. The highest BCUT2D eigenvalue weighted by Gasteiger charge is 2.27. The third kappa shape index (κ3) is 5.34. The van der Waals surface area contributed by atoms with Crippen molar-refractivity contribution in [2.45, 2.75) is 37.7 Å². The Labute approximate surface area is 109 Å². The first-order chi connectivity index (χ1) is 8.03. The van der Waals surface area contributed by atoms with Crippen LogP contribution in [0.4, 0.5) is 0 Å².